The Hall–Kier alpha value is -1.73. The molecule has 0 radical (unpaired) electrons. The molecule has 0 aromatic heterocycles. The van der Waals surface area contributed by atoms with Gasteiger partial charge in [-0.05, 0) is 88.9 Å². The molecule has 0 aliphatic rings. The van der Waals surface area contributed by atoms with Gasteiger partial charge >= 0.3 is 11.9 Å². The van der Waals surface area contributed by atoms with E-state index in [1.54, 1.807) is 6.08 Å². The Labute approximate surface area is 458 Å². The van der Waals surface area contributed by atoms with Gasteiger partial charge in [0.25, 0.3) is 0 Å². The highest BCUT2D eigenvalue weighted by Crippen LogP contribution is 2.23. The third kappa shape index (κ3) is 70.3. The van der Waals surface area contributed by atoms with Crippen LogP contribution in [0.15, 0.2) is 12.2 Å². The molecule has 0 aliphatic carbocycles. The van der Waals surface area contributed by atoms with Crippen molar-refractivity contribution >= 4 is 18.2 Å². The maximum atomic E-state index is 11.3. The van der Waals surface area contributed by atoms with Gasteiger partial charge in [0, 0.05) is 25.2 Å². The average molecular weight is 1040 g/mol. The van der Waals surface area contributed by atoms with Crippen molar-refractivity contribution in [2.75, 3.05) is 19.8 Å². The number of carbonyl (C=O) groups excluding carboxylic acids is 2. The van der Waals surface area contributed by atoms with Crippen LogP contribution in [0.2, 0.25) is 0 Å². The van der Waals surface area contributed by atoms with Gasteiger partial charge in [0.2, 0.25) is 0 Å². The number of aliphatic hydroxyl groups excluding tert-OH is 2. The Balaban J connectivity index is -0.000000265. The van der Waals surface area contributed by atoms with E-state index >= 15 is 0 Å². The number of aliphatic hydroxyl groups is 2. The lowest BCUT2D eigenvalue weighted by Crippen LogP contribution is -2.13. The van der Waals surface area contributed by atoms with E-state index < -0.39 is 5.97 Å². The highest BCUT2D eigenvalue weighted by Gasteiger charge is 2.16. The molecule has 0 amide bonds. The summed E-state index contributed by atoms with van der Waals surface area (Å²) in [6.45, 7) is 25.2. The lowest BCUT2D eigenvalue weighted by molar-refractivity contribution is -0.142. The standard InChI is InChI=1S/C16H30O2.C14H30O.C12H24O2.C12H26O.C12H24O/c1-4-7-9-11-15(12-10-8-5-2)13-14-16(17)18-6-3;1-3-5-7-10-14(12-9-13-15)11-8-6-4-2;1-3-5-7-9-11(12(13)14)10-8-6-4-2;2*1-3-5-7-9-12(11-13)10-8-6-4-2/h13-15H,4-12H2,1-3H3;14-15H,3-13H2,1-2H3;11H,3-10H2,1-2H3,(H,13,14);12-13H,3-11H2,1-2H3;11-12H,3-10H2,1-2H3. The third-order valence-electron chi connectivity index (χ3n) is 14.3. The number of carboxylic acids is 1. The Morgan fingerprint density at radius 3 is 0.945 bits per heavy atom. The molecule has 0 rings (SSSR count). The fraction of sp³-hybridized carbons (Fsp3) is 0.924. The summed E-state index contributed by atoms with van der Waals surface area (Å²) in [5, 5.41) is 27.0. The van der Waals surface area contributed by atoms with E-state index in [4.69, 9.17) is 20.1 Å². The van der Waals surface area contributed by atoms with Gasteiger partial charge in [-0.3, -0.25) is 4.79 Å². The number of hydrogen-bond acceptors (Lipinski definition) is 6. The number of allylic oxidation sites excluding steroid dienone is 1. The molecule has 440 valence electrons. The summed E-state index contributed by atoms with van der Waals surface area (Å²) < 4.78 is 4.92. The summed E-state index contributed by atoms with van der Waals surface area (Å²) in [5.41, 5.74) is 0. The van der Waals surface area contributed by atoms with Gasteiger partial charge in [-0.2, -0.15) is 0 Å². The molecule has 0 fully saturated rings. The summed E-state index contributed by atoms with van der Waals surface area (Å²) in [7, 11) is 0. The summed E-state index contributed by atoms with van der Waals surface area (Å²) in [5.74, 6) is 1.47. The van der Waals surface area contributed by atoms with Crippen LogP contribution in [-0.2, 0) is 19.1 Å². The lowest BCUT2D eigenvalue weighted by Gasteiger charge is -2.15. The van der Waals surface area contributed by atoms with Crippen LogP contribution in [0.4, 0.5) is 0 Å². The number of esters is 1. The van der Waals surface area contributed by atoms with E-state index in [1.807, 2.05) is 6.92 Å². The number of aliphatic carboxylic acids is 1. The molecule has 73 heavy (non-hydrogen) atoms. The smallest absolute Gasteiger partial charge is 0.330 e. The number of ether oxygens (including phenoxy) is 1. The minimum Gasteiger partial charge on any atom is -0.481 e. The van der Waals surface area contributed by atoms with Gasteiger partial charge in [-0.1, -0.05) is 281 Å². The quantitative estimate of drug-likeness (QED) is 0.0240. The predicted octanol–water partition coefficient (Wildman–Crippen LogP) is 21.0. The van der Waals surface area contributed by atoms with Crippen LogP contribution in [-0.4, -0.2) is 53.4 Å². The maximum Gasteiger partial charge on any atom is 0.330 e. The highest BCUT2D eigenvalue weighted by atomic mass is 16.5. The van der Waals surface area contributed by atoms with Crippen molar-refractivity contribution in [1.29, 1.82) is 0 Å². The number of carbonyl (C=O) groups is 3. The second-order valence-corrected chi connectivity index (χ2v) is 21.5. The summed E-state index contributed by atoms with van der Waals surface area (Å²) in [4.78, 5) is 32.9. The van der Waals surface area contributed by atoms with E-state index in [0.717, 1.165) is 70.0 Å². The number of hydrogen-bond donors (Lipinski definition) is 3. The number of rotatable bonds is 49. The number of carboxylic acid groups (broad SMARTS) is 1. The van der Waals surface area contributed by atoms with Crippen LogP contribution in [0.5, 0.6) is 0 Å². The van der Waals surface area contributed by atoms with E-state index in [2.05, 4.69) is 75.3 Å². The number of unbranched alkanes of at least 4 members (excludes halogenated alkanes) is 20. The minimum absolute atomic E-state index is 0.0897. The van der Waals surface area contributed by atoms with Crippen LogP contribution in [0, 0.1) is 29.6 Å². The fourth-order valence-electron chi connectivity index (χ4n) is 9.19. The zero-order valence-electron chi connectivity index (χ0n) is 51.4. The van der Waals surface area contributed by atoms with Crippen molar-refractivity contribution in [3.8, 4) is 0 Å². The Morgan fingerprint density at radius 2 is 0.671 bits per heavy atom. The molecule has 7 nitrogen and oxygen atoms in total. The largest absolute Gasteiger partial charge is 0.481 e. The molecule has 0 aliphatic heterocycles. The third-order valence-corrected chi connectivity index (χ3v) is 14.3. The molecular weight excluding hydrogens is 905 g/mol. The van der Waals surface area contributed by atoms with Crippen LogP contribution >= 0.6 is 0 Å². The molecule has 0 bridgehead atoms. The summed E-state index contributed by atoms with van der Waals surface area (Å²) in [6.07, 6.45) is 56.6. The molecular formula is C66H134O7. The van der Waals surface area contributed by atoms with Crippen molar-refractivity contribution in [2.45, 2.75) is 346 Å². The molecule has 0 unspecified atom stereocenters. The Bertz CT molecular complexity index is 996. The van der Waals surface area contributed by atoms with Gasteiger partial charge in [0.1, 0.15) is 6.29 Å². The first-order chi connectivity index (χ1) is 35.5. The van der Waals surface area contributed by atoms with E-state index in [-0.39, 0.29) is 11.9 Å². The van der Waals surface area contributed by atoms with Crippen LogP contribution in [0.1, 0.15) is 346 Å². The second-order valence-electron chi connectivity index (χ2n) is 21.5. The Kier molecular flexibility index (Phi) is 79.4. The van der Waals surface area contributed by atoms with Gasteiger partial charge in [-0.25, -0.2) is 4.79 Å². The lowest BCUT2D eigenvalue weighted by atomic mass is 9.91. The van der Waals surface area contributed by atoms with Crippen LogP contribution in [0.25, 0.3) is 0 Å². The number of aldehydes is 1. The van der Waals surface area contributed by atoms with Crippen molar-refractivity contribution < 1.29 is 34.4 Å². The maximum absolute atomic E-state index is 11.3. The SMILES string of the molecule is CCCCCC(C=CC(=O)OCC)CCCCC.CCCCCC(C=O)CCCCC.CCCCCC(CCCCC)C(=O)O.CCCCCC(CCCO)CCCCC.CCCCCC(CO)CCCCC. The molecule has 0 aromatic carbocycles. The van der Waals surface area contributed by atoms with Crippen molar-refractivity contribution in [3.05, 3.63) is 12.2 Å². The molecule has 3 N–H and O–H groups in total. The normalized spacial score (nSPS) is 11.0. The summed E-state index contributed by atoms with van der Waals surface area (Å²) >= 11 is 0. The van der Waals surface area contributed by atoms with Crippen molar-refractivity contribution in [3.63, 3.8) is 0 Å². The molecule has 0 heterocycles. The van der Waals surface area contributed by atoms with Crippen LogP contribution < -0.4 is 0 Å². The first-order valence-electron chi connectivity index (χ1n) is 32.2. The zero-order valence-corrected chi connectivity index (χ0v) is 51.4. The molecule has 0 spiro atoms. The van der Waals surface area contributed by atoms with Crippen molar-refractivity contribution in [2.24, 2.45) is 29.6 Å². The first kappa shape index (κ1) is 80.1. The predicted molar refractivity (Wildman–Crippen MR) is 322 cm³/mol. The molecule has 0 atom stereocenters. The van der Waals surface area contributed by atoms with Gasteiger partial charge in [0.15, 0.2) is 0 Å². The van der Waals surface area contributed by atoms with Crippen molar-refractivity contribution in [1.82, 2.24) is 0 Å². The zero-order chi connectivity index (χ0) is 55.7. The molecule has 0 saturated carbocycles. The highest BCUT2D eigenvalue weighted by molar-refractivity contribution is 5.81. The molecule has 0 aromatic rings. The molecule has 0 saturated heterocycles. The summed E-state index contributed by atoms with van der Waals surface area (Å²) in [6, 6.07) is 0. The van der Waals surface area contributed by atoms with Gasteiger partial charge in [0.05, 0.1) is 12.5 Å². The van der Waals surface area contributed by atoms with Gasteiger partial charge in [-0.15, -0.1) is 0 Å². The first-order valence-corrected chi connectivity index (χ1v) is 32.2. The topological polar surface area (TPSA) is 121 Å². The van der Waals surface area contributed by atoms with E-state index in [1.165, 1.54) is 212 Å². The minimum atomic E-state index is -0.600. The average Bonchev–Trinajstić information content (AvgIpc) is 3.39. The second kappa shape index (κ2) is 72.3. The van der Waals surface area contributed by atoms with Crippen LogP contribution in [0.3, 0.4) is 0 Å². The molecule has 7 heteroatoms. The van der Waals surface area contributed by atoms with Gasteiger partial charge < -0.3 is 24.9 Å². The fourth-order valence-corrected chi connectivity index (χ4v) is 9.19. The van der Waals surface area contributed by atoms with E-state index in [9.17, 15) is 14.4 Å². The Morgan fingerprint density at radius 1 is 0.384 bits per heavy atom. The van der Waals surface area contributed by atoms with E-state index in [0.29, 0.717) is 37.6 Å². The monoisotopic (exact) mass is 1040 g/mol.